The van der Waals surface area contributed by atoms with Crippen molar-refractivity contribution >= 4 is 11.3 Å². The summed E-state index contributed by atoms with van der Waals surface area (Å²) in [5, 5.41) is 3.01. The fourth-order valence-corrected chi connectivity index (χ4v) is 4.12. The number of rotatable bonds is 6. The highest BCUT2D eigenvalue weighted by atomic mass is 32.1. The number of aromatic nitrogens is 2. The molecular weight excluding hydrogens is 322 g/mol. The van der Waals surface area contributed by atoms with Crippen molar-refractivity contribution in [2.75, 3.05) is 26.3 Å². The Bertz CT molecular complexity index is 656. The first-order valence-electron chi connectivity index (χ1n) is 8.59. The van der Waals surface area contributed by atoms with Crippen LogP contribution in [0.25, 0.3) is 0 Å². The molecule has 2 aromatic rings. The van der Waals surface area contributed by atoms with Crippen LogP contribution in [0.1, 0.15) is 28.1 Å². The molecule has 0 radical (unpaired) electrons. The van der Waals surface area contributed by atoms with Crippen LogP contribution in [0.4, 0.5) is 0 Å². The Morgan fingerprint density at radius 2 is 2.33 bits per heavy atom. The Kier molecular flexibility index (Phi) is 5.18. The van der Waals surface area contributed by atoms with Crippen molar-refractivity contribution in [1.82, 2.24) is 14.9 Å². The molecule has 0 bridgehead atoms. The number of ether oxygens (including phenoxy) is 2. The van der Waals surface area contributed by atoms with Crippen LogP contribution in [0.15, 0.2) is 24.0 Å². The fourth-order valence-electron chi connectivity index (χ4n) is 3.57. The van der Waals surface area contributed by atoms with E-state index in [9.17, 15) is 0 Å². The summed E-state index contributed by atoms with van der Waals surface area (Å²) in [7, 11) is 0. The first-order chi connectivity index (χ1) is 11.9. The van der Waals surface area contributed by atoms with Gasteiger partial charge in [0.2, 0.25) is 0 Å². The van der Waals surface area contributed by atoms with Gasteiger partial charge < -0.3 is 9.47 Å². The van der Waals surface area contributed by atoms with Gasteiger partial charge in [-0.1, -0.05) is 0 Å². The molecule has 2 aliphatic rings. The molecule has 0 N–H and O–H groups in total. The van der Waals surface area contributed by atoms with Gasteiger partial charge in [0.1, 0.15) is 5.01 Å². The quantitative estimate of drug-likeness (QED) is 0.805. The summed E-state index contributed by atoms with van der Waals surface area (Å²) >= 11 is 1.63. The molecule has 6 heteroatoms. The van der Waals surface area contributed by atoms with E-state index in [0.29, 0.717) is 19.1 Å². The number of fused-ring (bicyclic) bond motifs is 1. The predicted molar refractivity (Wildman–Crippen MR) is 92.8 cm³/mol. The summed E-state index contributed by atoms with van der Waals surface area (Å²) in [4.78, 5) is 11.2. The molecule has 24 heavy (non-hydrogen) atoms. The lowest BCUT2D eigenvalue weighted by Crippen LogP contribution is -2.35. The first-order valence-corrected chi connectivity index (χ1v) is 9.47. The highest BCUT2D eigenvalue weighted by Crippen LogP contribution is 2.24. The predicted octanol–water partition coefficient (Wildman–Crippen LogP) is 2.65. The summed E-state index contributed by atoms with van der Waals surface area (Å²) in [6.45, 7) is 6.31. The third kappa shape index (κ3) is 3.83. The number of hydrogen-bond donors (Lipinski definition) is 0. The highest BCUT2D eigenvalue weighted by molar-refractivity contribution is 7.09. The van der Waals surface area contributed by atoms with Crippen LogP contribution in [-0.2, 0) is 35.7 Å². The summed E-state index contributed by atoms with van der Waals surface area (Å²) in [5.41, 5.74) is 4.02. The minimum atomic E-state index is 0.579. The Morgan fingerprint density at radius 3 is 3.17 bits per heavy atom. The largest absolute Gasteiger partial charge is 0.381 e. The second kappa shape index (κ2) is 7.70. The van der Waals surface area contributed by atoms with Crippen LogP contribution in [0, 0.1) is 5.92 Å². The second-order valence-corrected chi connectivity index (χ2v) is 7.55. The van der Waals surface area contributed by atoms with Gasteiger partial charge >= 0.3 is 0 Å². The maximum Gasteiger partial charge on any atom is 0.118 e. The second-order valence-electron chi connectivity index (χ2n) is 6.57. The van der Waals surface area contributed by atoms with Gasteiger partial charge in [-0.2, -0.15) is 0 Å². The summed E-state index contributed by atoms with van der Waals surface area (Å²) in [5.74, 6) is 0.698. The number of nitrogens with zero attached hydrogens (tertiary/aromatic N) is 3. The maximum atomic E-state index is 5.84. The van der Waals surface area contributed by atoms with Crippen LogP contribution in [0.3, 0.4) is 0 Å². The summed E-state index contributed by atoms with van der Waals surface area (Å²) < 4.78 is 11.3. The summed E-state index contributed by atoms with van der Waals surface area (Å²) in [6.07, 6.45) is 8.09. The zero-order valence-electron chi connectivity index (χ0n) is 13.8. The molecule has 1 saturated heterocycles. The Hall–Kier alpha value is -1.34. The molecule has 4 heterocycles. The molecule has 1 unspecified atom stereocenters. The van der Waals surface area contributed by atoms with E-state index in [1.165, 1.54) is 23.1 Å². The molecular formula is C18H23N3O2S. The van der Waals surface area contributed by atoms with E-state index in [2.05, 4.69) is 14.9 Å². The SMILES string of the molecule is c1csc(COCc2cncc3c2CCN(CC2CCOC2)C3)n1. The van der Waals surface area contributed by atoms with Crippen LogP contribution in [0.2, 0.25) is 0 Å². The smallest absolute Gasteiger partial charge is 0.118 e. The molecule has 128 valence electrons. The van der Waals surface area contributed by atoms with Gasteiger partial charge in [-0.05, 0) is 35.4 Å². The molecule has 0 aromatic carbocycles. The molecule has 2 aliphatic heterocycles. The fraction of sp³-hybridized carbons (Fsp3) is 0.556. The molecule has 0 saturated carbocycles. The molecule has 4 rings (SSSR count). The summed E-state index contributed by atoms with van der Waals surface area (Å²) in [6, 6.07) is 0. The molecule has 0 amide bonds. The van der Waals surface area contributed by atoms with E-state index in [-0.39, 0.29) is 0 Å². The molecule has 5 nitrogen and oxygen atoms in total. The van der Waals surface area contributed by atoms with Crippen LogP contribution >= 0.6 is 11.3 Å². The van der Waals surface area contributed by atoms with E-state index in [4.69, 9.17) is 9.47 Å². The number of thiazole rings is 1. The zero-order valence-corrected chi connectivity index (χ0v) is 14.6. The van der Waals surface area contributed by atoms with E-state index < -0.39 is 0 Å². The molecule has 0 aliphatic carbocycles. The van der Waals surface area contributed by atoms with Crippen molar-refractivity contribution in [3.8, 4) is 0 Å². The third-order valence-electron chi connectivity index (χ3n) is 4.81. The van der Waals surface area contributed by atoms with Crippen molar-refractivity contribution in [3.05, 3.63) is 45.7 Å². The topological polar surface area (TPSA) is 47.5 Å². The van der Waals surface area contributed by atoms with Crippen LogP contribution in [-0.4, -0.2) is 41.2 Å². The Morgan fingerprint density at radius 1 is 1.33 bits per heavy atom. The van der Waals surface area contributed by atoms with E-state index in [1.54, 1.807) is 11.3 Å². The van der Waals surface area contributed by atoms with Gasteiger partial charge in [-0.25, -0.2) is 4.98 Å². The van der Waals surface area contributed by atoms with Gasteiger partial charge in [0, 0.05) is 50.2 Å². The first kappa shape index (κ1) is 16.1. The Labute approximate surface area is 146 Å². The standard InChI is InChI=1S/C18H23N3O2S/c1-4-21(9-14-2-5-22-11-14)10-15-7-19-8-16(17(1)15)12-23-13-18-20-3-6-24-18/h3,6-8,14H,1-2,4-5,9-13H2. The molecule has 1 atom stereocenters. The van der Waals surface area contributed by atoms with Gasteiger partial charge in [0.05, 0.1) is 19.8 Å². The average Bonchev–Trinajstić information content (AvgIpc) is 3.29. The van der Waals surface area contributed by atoms with E-state index in [1.807, 2.05) is 24.0 Å². The van der Waals surface area contributed by atoms with Crippen molar-refractivity contribution in [1.29, 1.82) is 0 Å². The minimum Gasteiger partial charge on any atom is -0.381 e. The molecule has 2 aromatic heterocycles. The zero-order chi connectivity index (χ0) is 16.2. The molecule has 1 fully saturated rings. The third-order valence-corrected chi connectivity index (χ3v) is 5.57. The highest BCUT2D eigenvalue weighted by Gasteiger charge is 2.23. The number of pyridine rings is 1. The van der Waals surface area contributed by atoms with E-state index >= 15 is 0 Å². The number of hydrogen-bond acceptors (Lipinski definition) is 6. The van der Waals surface area contributed by atoms with Crippen molar-refractivity contribution in [3.63, 3.8) is 0 Å². The van der Waals surface area contributed by atoms with Gasteiger partial charge in [0.25, 0.3) is 0 Å². The van der Waals surface area contributed by atoms with Crippen LogP contribution < -0.4 is 0 Å². The van der Waals surface area contributed by atoms with Gasteiger partial charge in [-0.3, -0.25) is 9.88 Å². The molecule has 0 spiro atoms. The van der Waals surface area contributed by atoms with Gasteiger partial charge in [-0.15, -0.1) is 11.3 Å². The average molecular weight is 345 g/mol. The lowest BCUT2D eigenvalue weighted by Gasteiger charge is -2.31. The van der Waals surface area contributed by atoms with E-state index in [0.717, 1.165) is 44.3 Å². The minimum absolute atomic E-state index is 0.579. The monoisotopic (exact) mass is 345 g/mol. The normalized spacial score (nSPS) is 21.1. The lowest BCUT2D eigenvalue weighted by molar-refractivity contribution is 0.105. The van der Waals surface area contributed by atoms with Gasteiger partial charge in [0.15, 0.2) is 0 Å². The van der Waals surface area contributed by atoms with Crippen LogP contribution in [0.5, 0.6) is 0 Å². The van der Waals surface area contributed by atoms with Crippen molar-refractivity contribution in [2.24, 2.45) is 5.92 Å². The lowest BCUT2D eigenvalue weighted by atomic mass is 9.96. The van der Waals surface area contributed by atoms with Crippen molar-refractivity contribution < 1.29 is 9.47 Å². The van der Waals surface area contributed by atoms with Crippen molar-refractivity contribution in [2.45, 2.75) is 32.6 Å². The maximum absolute atomic E-state index is 5.84. The Balaban J connectivity index is 1.36.